The Labute approximate surface area is 158 Å². The smallest absolute Gasteiger partial charge is 0.195 e. The zero-order valence-electron chi connectivity index (χ0n) is 15.2. The zero-order chi connectivity index (χ0) is 18.5. The summed E-state index contributed by atoms with van der Waals surface area (Å²) in [6, 6.07) is 22.5. The van der Waals surface area contributed by atoms with Gasteiger partial charge in [0.2, 0.25) is 0 Å². The number of rotatable bonds is 6. The van der Waals surface area contributed by atoms with Crippen molar-refractivity contribution in [3.8, 4) is 11.3 Å². The number of hydrogen-bond donors (Lipinski definition) is 1. The summed E-state index contributed by atoms with van der Waals surface area (Å²) in [7, 11) is 0. The van der Waals surface area contributed by atoms with Crippen molar-refractivity contribution in [2.45, 2.75) is 19.8 Å². The number of anilines is 2. The fourth-order valence-corrected chi connectivity index (χ4v) is 2.96. The summed E-state index contributed by atoms with van der Waals surface area (Å²) in [6.07, 6.45) is 5.30. The van der Waals surface area contributed by atoms with Crippen LogP contribution in [0, 0.1) is 6.92 Å². The Morgan fingerprint density at radius 2 is 1.78 bits per heavy atom. The van der Waals surface area contributed by atoms with Gasteiger partial charge in [0.05, 0.1) is 6.20 Å². The highest BCUT2D eigenvalue weighted by Gasteiger charge is 2.08. The molecule has 4 nitrogen and oxygen atoms in total. The maximum atomic E-state index is 5.96. The van der Waals surface area contributed by atoms with E-state index in [2.05, 4.69) is 46.5 Å². The number of aryl methyl sites for hydroxylation is 3. The predicted octanol–water partition coefficient (Wildman–Crippen LogP) is 5.57. The van der Waals surface area contributed by atoms with E-state index in [9.17, 15) is 0 Å². The summed E-state index contributed by atoms with van der Waals surface area (Å²) >= 11 is 0. The minimum atomic E-state index is 0.757. The number of nitrogens with zero attached hydrogens (tertiary/aromatic N) is 2. The highest BCUT2D eigenvalue weighted by molar-refractivity contribution is 5.66. The van der Waals surface area contributed by atoms with Crippen LogP contribution in [0.2, 0.25) is 0 Å². The quantitative estimate of drug-likeness (QED) is 0.491. The molecular weight excluding hydrogens is 334 g/mol. The second kappa shape index (κ2) is 7.87. The molecule has 0 spiro atoms. The van der Waals surface area contributed by atoms with Gasteiger partial charge in [-0.25, -0.2) is 9.97 Å². The largest absolute Gasteiger partial charge is 0.441 e. The number of aromatic nitrogens is 2. The maximum Gasteiger partial charge on any atom is 0.195 e. The fraction of sp³-hybridized carbons (Fsp3) is 0.130. The van der Waals surface area contributed by atoms with Crippen LogP contribution in [0.15, 0.2) is 83.5 Å². The lowest BCUT2D eigenvalue weighted by Crippen LogP contribution is -1.93. The van der Waals surface area contributed by atoms with E-state index >= 15 is 0 Å². The molecule has 4 rings (SSSR count). The Hall–Kier alpha value is -3.40. The third kappa shape index (κ3) is 4.42. The van der Waals surface area contributed by atoms with Gasteiger partial charge in [0.1, 0.15) is 5.82 Å². The molecule has 2 heterocycles. The molecule has 0 aliphatic carbocycles. The van der Waals surface area contributed by atoms with Crippen LogP contribution in [-0.2, 0) is 12.8 Å². The van der Waals surface area contributed by atoms with Gasteiger partial charge in [-0.15, -0.1) is 0 Å². The molecule has 0 saturated heterocycles. The number of benzene rings is 2. The van der Waals surface area contributed by atoms with Crippen molar-refractivity contribution in [3.05, 3.63) is 96.1 Å². The molecule has 0 atom stereocenters. The standard InChI is InChI=1S/C23H21N3O/c1-17-12-13-24-22(14-17)26-20-9-5-8-19(15-20)21-16-25-23(27-21)11-10-18-6-3-2-4-7-18/h2-9,12-16H,10-11H2,1H3,(H,24,26). The van der Waals surface area contributed by atoms with Gasteiger partial charge < -0.3 is 9.73 Å². The lowest BCUT2D eigenvalue weighted by atomic mass is 10.1. The Morgan fingerprint density at radius 3 is 2.63 bits per heavy atom. The fourth-order valence-electron chi connectivity index (χ4n) is 2.96. The molecule has 2 aromatic heterocycles. The molecule has 0 fully saturated rings. The van der Waals surface area contributed by atoms with Crippen LogP contribution in [0.25, 0.3) is 11.3 Å². The van der Waals surface area contributed by atoms with Crippen molar-refractivity contribution in [2.75, 3.05) is 5.32 Å². The summed E-state index contributed by atoms with van der Waals surface area (Å²) in [5.41, 5.74) is 4.41. The summed E-state index contributed by atoms with van der Waals surface area (Å²) in [6.45, 7) is 2.05. The van der Waals surface area contributed by atoms with E-state index < -0.39 is 0 Å². The van der Waals surface area contributed by atoms with Crippen molar-refractivity contribution >= 4 is 11.5 Å². The first kappa shape index (κ1) is 17.0. The van der Waals surface area contributed by atoms with E-state index in [1.54, 1.807) is 12.4 Å². The molecule has 4 heteroatoms. The number of oxazole rings is 1. The Balaban J connectivity index is 1.46. The van der Waals surface area contributed by atoms with E-state index in [-0.39, 0.29) is 0 Å². The Kier molecular flexibility index (Phi) is 4.97. The van der Waals surface area contributed by atoms with Gasteiger partial charge in [0.25, 0.3) is 0 Å². The molecule has 134 valence electrons. The van der Waals surface area contributed by atoms with Crippen LogP contribution < -0.4 is 5.32 Å². The van der Waals surface area contributed by atoms with Crippen LogP contribution >= 0.6 is 0 Å². The third-order valence-electron chi connectivity index (χ3n) is 4.36. The average molecular weight is 355 g/mol. The lowest BCUT2D eigenvalue weighted by Gasteiger charge is -2.07. The van der Waals surface area contributed by atoms with Crippen molar-refractivity contribution < 1.29 is 4.42 Å². The molecule has 4 aromatic rings. The Bertz CT molecular complexity index is 1020. The van der Waals surface area contributed by atoms with E-state index in [4.69, 9.17) is 4.42 Å². The van der Waals surface area contributed by atoms with Crippen molar-refractivity contribution in [3.63, 3.8) is 0 Å². The van der Waals surface area contributed by atoms with E-state index in [0.717, 1.165) is 41.6 Å². The molecule has 0 saturated carbocycles. The molecule has 1 N–H and O–H groups in total. The third-order valence-corrected chi connectivity index (χ3v) is 4.36. The SMILES string of the molecule is Cc1ccnc(Nc2cccc(-c3cnc(CCc4ccccc4)o3)c2)c1. The predicted molar refractivity (Wildman–Crippen MR) is 108 cm³/mol. The molecule has 0 radical (unpaired) electrons. The first-order chi connectivity index (χ1) is 13.3. The van der Waals surface area contributed by atoms with Gasteiger partial charge in [-0.2, -0.15) is 0 Å². The summed E-state index contributed by atoms with van der Waals surface area (Å²) in [4.78, 5) is 8.78. The van der Waals surface area contributed by atoms with Crippen LogP contribution in [-0.4, -0.2) is 9.97 Å². The lowest BCUT2D eigenvalue weighted by molar-refractivity contribution is 0.505. The first-order valence-electron chi connectivity index (χ1n) is 9.05. The topological polar surface area (TPSA) is 51.0 Å². The van der Waals surface area contributed by atoms with Crippen LogP contribution in [0.4, 0.5) is 11.5 Å². The zero-order valence-corrected chi connectivity index (χ0v) is 15.2. The van der Waals surface area contributed by atoms with Crippen LogP contribution in [0.3, 0.4) is 0 Å². The van der Waals surface area contributed by atoms with Crippen molar-refractivity contribution in [1.82, 2.24) is 9.97 Å². The van der Waals surface area contributed by atoms with Crippen molar-refractivity contribution in [2.24, 2.45) is 0 Å². The summed E-state index contributed by atoms with van der Waals surface area (Å²) < 4.78 is 5.96. The first-order valence-corrected chi connectivity index (χ1v) is 9.05. The van der Waals surface area contributed by atoms with Gasteiger partial charge in [0.15, 0.2) is 11.7 Å². The highest BCUT2D eigenvalue weighted by Crippen LogP contribution is 2.25. The van der Waals surface area contributed by atoms with Gasteiger partial charge in [-0.3, -0.25) is 0 Å². The molecule has 0 bridgehead atoms. The maximum absolute atomic E-state index is 5.96. The van der Waals surface area contributed by atoms with Gasteiger partial charge in [-0.05, 0) is 48.7 Å². The molecule has 27 heavy (non-hydrogen) atoms. The molecule has 0 amide bonds. The van der Waals surface area contributed by atoms with Crippen molar-refractivity contribution in [1.29, 1.82) is 0 Å². The monoisotopic (exact) mass is 355 g/mol. The Morgan fingerprint density at radius 1 is 0.889 bits per heavy atom. The van der Waals surface area contributed by atoms with Gasteiger partial charge >= 0.3 is 0 Å². The number of nitrogens with one attached hydrogen (secondary N) is 1. The summed E-state index contributed by atoms with van der Waals surface area (Å²) in [5.74, 6) is 2.36. The van der Waals surface area contributed by atoms with E-state index in [0.29, 0.717) is 0 Å². The second-order valence-electron chi connectivity index (χ2n) is 6.53. The summed E-state index contributed by atoms with van der Waals surface area (Å²) in [5, 5.41) is 3.34. The molecule has 0 aliphatic heterocycles. The second-order valence-corrected chi connectivity index (χ2v) is 6.53. The normalized spacial score (nSPS) is 10.7. The highest BCUT2D eigenvalue weighted by atomic mass is 16.4. The minimum Gasteiger partial charge on any atom is -0.441 e. The average Bonchev–Trinajstić information content (AvgIpc) is 3.17. The van der Waals surface area contributed by atoms with Crippen LogP contribution in [0.5, 0.6) is 0 Å². The van der Waals surface area contributed by atoms with E-state index in [1.807, 2.05) is 42.5 Å². The molecular formula is C23H21N3O. The molecule has 2 aromatic carbocycles. The van der Waals surface area contributed by atoms with Gasteiger partial charge in [0, 0.05) is 23.9 Å². The molecule has 0 aliphatic rings. The number of hydrogen-bond acceptors (Lipinski definition) is 4. The van der Waals surface area contributed by atoms with E-state index in [1.165, 1.54) is 11.1 Å². The number of pyridine rings is 1. The minimum absolute atomic E-state index is 0.757. The molecule has 0 unspecified atom stereocenters. The van der Waals surface area contributed by atoms with Gasteiger partial charge in [-0.1, -0.05) is 42.5 Å². The van der Waals surface area contributed by atoms with Crippen LogP contribution in [0.1, 0.15) is 17.0 Å².